The molecule has 136 valence electrons. The molecular weight excluding hydrogens is 320 g/mol. The standard InChI is InChI=1S/C20H33ClN2O/c1-2-3-4-5-6-7-8-20(24)17-22-13-15-23(16-14-22)19-11-9-18(21)10-12-19/h9-12,20,24H,2-8,13-17H2,1H3. The predicted octanol–water partition coefficient (Wildman–Crippen LogP) is 4.57. The summed E-state index contributed by atoms with van der Waals surface area (Å²) in [6.07, 6.45) is 8.52. The van der Waals surface area contributed by atoms with Gasteiger partial charge in [0.2, 0.25) is 0 Å². The molecule has 4 heteroatoms. The van der Waals surface area contributed by atoms with Crippen molar-refractivity contribution in [3.8, 4) is 0 Å². The molecule has 1 saturated heterocycles. The monoisotopic (exact) mass is 352 g/mol. The molecule has 0 radical (unpaired) electrons. The van der Waals surface area contributed by atoms with Gasteiger partial charge in [0.25, 0.3) is 0 Å². The highest BCUT2D eigenvalue weighted by Crippen LogP contribution is 2.19. The van der Waals surface area contributed by atoms with Crippen LogP contribution < -0.4 is 4.90 Å². The number of benzene rings is 1. The third kappa shape index (κ3) is 7.00. The molecular formula is C20H33ClN2O. The molecule has 3 nitrogen and oxygen atoms in total. The van der Waals surface area contributed by atoms with Crippen molar-refractivity contribution in [3.05, 3.63) is 29.3 Å². The van der Waals surface area contributed by atoms with Gasteiger partial charge in [-0.3, -0.25) is 4.90 Å². The van der Waals surface area contributed by atoms with Gasteiger partial charge in [-0.25, -0.2) is 0 Å². The Morgan fingerprint density at radius 3 is 2.25 bits per heavy atom. The maximum atomic E-state index is 10.2. The van der Waals surface area contributed by atoms with Crippen molar-refractivity contribution in [2.75, 3.05) is 37.6 Å². The fourth-order valence-corrected chi connectivity index (χ4v) is 3.52. The molecule has 1 aliphatic heterocycles. The van der Waals surface area contributed by atoms with E-state index in [0.717, 1.165) is 50.6 Å². The molecule has 2 rings (SSSR count). The van der Waals surface area contributed by atoms with Crippen LogP contribution in [0.4, 0.5) is 5.69 Å². The summed E-state index contributed by atoms with van der Waals surface area (Å²) in [6.45, 7) is 7.16. The molecule has 0 spiro atoms. The molecule has 0 bridgehead atoms. The number of hydrogen-bond acceptors (Lipinski definition) is 3. The minimum Gasteiger partial charge on any atom is -0.392 e. The topological polar surface area (TPSA) is 26.7 Å². The molecule has 1 atom stereocenters. The van der Waals surface area contributed by atoms with E-state index in [1.807, 2.05) is 12.1 Å². The highest BCUT2D eigenvalue weighted by atomic mass is 35.5. The van der Waals surface area contributed by atoms with Gasteiger partial charge < -0.3 is 10.0 Å². The molecule has 24 heavy (non-hydrogen) atoms. The molecule has 0 aromatic heterocycles. The molecule has 1 aromatic rings. The Labute approximate surface area is 152 Å². The molecule has 0 aliphatic carbocycles. The lowest BCUT2D eigenvalue weighted by Gasteiger charge is -2.37. The van der Waals surface area contributed by atoms with Gasteiger partial charge in [-0.1, -0.05) is 57.0 Å². The molecule has 1 heterocycles. The third-order valence-corrected chi connectivity index (χ3v) is 5.18. The Kier molecular flexibility index (Phi) is 8.93. The number of unbranched alkanes of at least 4 members (excludes halogenated alkanes) is 5. The second kappa shape index (κ2) is 11.0. The van der Waals surface area contributed by atoms with Crippen LogP contribution in [0.3, 0.4) is 0 Å². The smallest absolute Gasteiger partial charge is 0.0667 e. The number of piperazine rings is 1. The maximum absolute atomic E-state index is 10.2. The first-order valence-electron chi connectivity index (χ1n) is 9.60. The van der Waals surface area contributed by atoms with Crippen molar-refractivity contribution in [1.82, 2.24) is 4.90 Å². The van der Waals surface area contributed by atoms with Crippen LogP contribution in [0.1, 0.15) is 51.9 Å². The van der Waals surface area contributed by atoms with Crippen LogP contribution in [-0.2, 0) is 0 Å². The second-order valence-corrected chi connectivity index (χ2v) is 7.41. The van der Waals surface area contributed by atoms with Gasteiger partial charge in [0.15, 0.2) is 0 Å². The van der Waals surface area contributed by atoms with E-state index in [2.05, 4.69) is 28.9 Å². The Bertz CT molecular complexity index is 443. The van der Waals surface area contributed by atoms with Crippen molar-refractivity contribution in [1.29, 1.82) is 0 Å². The van der Waals surface area contributed by atoms with Crippen molar-refractivity contribution < 1.29 is 5.11 Å². The van der Waals surface area contributed by atoms with Crippen LogP contribution in [0, 0.1) is 0 Å². The predicted molar refractivity (Wildman–Crippen MR) is 104 cm³/mol. The average Bonchev–Trinajstić information content (AvgIpc) is 2.59. The molecule has 0 amide bonds. The van der Waals surface area contributed by atoms with E-state index in [0.29, 0.717) is 0 Å². The second-order valence-electron chi connectivity index (χ2n) is 6.97. The van der Waals surface area contributed by atoms with Gasteiger partial charge in [-0.2, -0.15) is 0 Å². The van der Waals surface area contributed by atoms with Crippen molar-refractivity contribution in [2.45, 2.75) is 58.0 Å². The number of β-amino-alcohol motifs (C(OH)–C–C–N with tert-alkyl or cyclic N) is 1. The molecule has 1 fully saturated rings. The summed E-state index contributed by atoms with van der Waals surface area (Å²) in [4.78, 5) is 4.79. The first-order chi connectivity index (χ1) is 11.7. The van der Waals surface area contributed by atoms with E-state index < -0.39 is 0 Å². The fourth-order valence-electron chi connectivity index (χ4n) is 3.39. The Balaban J connectivity index is 1.59. The average molecular weight is 353 g/mol. The minimum absolute atomic E-state index is 0.168. The highest BCUT2D eigenvalue weighted by Gasteiger charge is 2.19. The Morgan fingerprint density at radius 1 is 0.958 bits per heavy atom. The SMILES string of the molecule is CCCCCCCCC(O)CN1CCN(c2ccc(Cl)cc2)CC1. The van der Waals surface area contributed by atoms with Gasteiger partial charge in [0, 0.05) is 43.4 Å². The maximum Gasteiger partial charge on any atom is 0.0667 e. The first-order valence-corrected chi connectivity index (χ1v) is 9.97. The lowest BCUT2D eigenvalue weighted by Crippen LogP contribution is -2.48. The summed E-state index contributed by atoms with van der Waals surface area (Å²) in [5.74, 6) is 0. The van der Waals surface area contributed by atoms with Gasteiger partial charge in [-0.15, -0.1) is 0 Å². The fraction of sp³-hybridized carbons (Fsp3) is 0.700. The number of anilines is 1. The van der Waals surface area contributed by atoms with Crippen molar-refractivity contribution in [3.63, 3.8) is 0 Å². The largest absolute Gasteiger partial charge is 0.392 e. The first kappa shape index (κ1) is 19.6. The van der Waals surface area contributed by atoms with E-state index in [9.17, 15) is 5.11 Å². The van der Waals surface area contributed by atoms with Gasteiger partial charge in [-0.05, 0) is 30.7 Å². The molecule has 1 aromatic carbocycles. The minimum atomic E-state index is -0.168. The van der Waals surface area contributed by atoms with E-state index >= 15 is 0 Å². The van der Waals surface area contributed by atoms with E-state index in [-0.39, 0.29) is 6.10 Å². The number of hydrogen-bond donors (Lipinski definition) is 1. The summed E-state index contributed by atoms with van der Waals surface area (Å²) in [5.41, 5.74) is 1.24. The number of nitrogens with zero attached hydrogens (tertiary/aromatic N) is 2. The van der Waals surface area contributed by atoms with E-state index in [1.54, 1.807) is 0 Å². The highest BCUT2D eigenvalue weighted by molar-refractivity contribution is 6.30. The molecule has 0 saturated carbocycles. The zero-order valence-corrected chi connectivity index (χ0v) is 15.8. The molecule has 1 unspecified atom stereocenters. The quantitative estimate of drug-likeness (QED) is 0.624. The normalized spacial score (nSPS) is 17.2. The van der Waals surface area contributed by atoms with Gasteiger partial charge in [0.1, 0.15) is 0 Å². The Morgan fingerprint density at radius 2 is 1.58 bits per heavy atom. The van der Waals surface area contributed by atoms with Crippen LogP contribution in [0.5, 0.6) is 0 Å². The van der Waals surface area contributed by atoms with Crippen LogP contribution in [0.15, 0.2) is 24.3 Å². The lowest BCUT2D eigenvalue weighted by atomic mass is 10.1. The number of rotatable bonds is 10. The number of halogens is 1. The van der Waals surface area contributed by atoms with Crippen LogP contribution in [0.25, 0.3) is 0 Å². The summed E-state index contributed by atoms with van der Waals surface area (Å²) in [5, 5.41) is 11.0. The number of aliphatic hydroxyl groups excluding tert-OH is 1. The third-order valence-electron chi connectivity index (χ3n) is 4.92. The summed E-state index contributed by atoms with van der Waals surface area (Å²) >= 11 is 5.95. The van der Waals surface area contributed by atoms with E-state index in [4.69, 9.17) is 11.6 Å². The number of aliphatic hydroxyl groups is 1. The van der Waals surface area contributed by atoms with Crippen LogP contribution >= 0.6 is 11.6 Å². The summed E-state index contributed by atoms with van der Waals surface area (Å²) in [7, 11) is 0. The Hall–Kier alpha value is -0.770. The van der Waals surface area contributed by atoms with E-state index in [1.165, 1.54) is 37.8 Å². The molecule has 1 aliphatic rings. The summed E-state index contributed by atoms with van der Waals surface area (Å²) < 4.78 is 0. The van der Waals surface area contributed by atoms with Crippen molar-refractivity contribution in [2.24, 2.45) is 0 Å². The lowest BCUT2D eigenvalue weighted by molar-refractivity contribution is 0.0996. The summed E-state index contributed by atoms with van der Waals surface area (Å²) in [6, 6.07) is 8.08. The van der Waals surface area contributed by atoms with Gasteiger partial charge >= 0.3 is 0 Å². The van der Waals surface area contributed by atoms with Crippen LogP contribution in [0.2, 0.25) is 5.02 Å². The van der Waals surface area contributed by atoms with Gasteiger partial charge in [0.05, 0.1) is 6.10 Å². The van der Waals surface area contributed by atoms with Crippen LogP contribution in [-0.4, -0.2) is 48.8 Å². The van der Waals surface area contributed by atoms with Crippen molar-refractivity contribution >= 4 is 17.3 Å². The molecule has 1 N–H and O–H groups in total. The zero-order chi connectivity index (χ0) is 17.2. The zero-order valence-electron chi connectivity index (χ0n) is 15.1.